The van der Waals surface area contributed by atoms with E-state index in [-0.39, 0.29) is 54.0 Å². The van der Waals surface area contributed by atoms with E-state index in [1.165, 1.54) is 17.1 Å². The molecule has 0 radical (unpaired) electrons. The maximum Gasteiger partial charge on any atom is 0.415 e. The Labute approximate surface area is 293 Å². The van der Waals surface area contributed by atoms with Gasteiger partial charge in [0.05, 0.1) is 29.0 Å². The van der Waals surface area contributed by atoms with E-state index in [1.54, 1.807) is 45.6 Å². The van der Waals surface area contributed by atoms with Gasteiger partial charge in [-0.3, -0.25) is 24.1 Å². The van der Waals surface area contributed by atoms with Crippen molar-refractivity contribution in [3.05, 3.63) is 69.0 Å². The number of fused-ring (bicyclic) bond motifs is 5. The van der Waals surface area contributed by atoms with E-state index in [2.05, 4.69) is 0 Å². The normalized spacial score (nSPS) is 19.4. The van der Waals surface area contributed by atoms with Crippen molar-refractivity contribution in [2.75, 3.05) is 32.7 Å². The molecule has 1 aromatic carbocycles. The number of amides is 4. The molecular formula is C37H39N5O9. The van der Waals surface area contributed by atoms with Gasteiger partial charge in [0.15, 0.2) is 5.60 Å². The number of carbonyl (C=O) groups is 5. The van der Waals surface area contributed by atoms with E-state index >= 15 is 0 Å². The second kappa shape index (κ2) is 13.4. The fourth-order valence-corrected chi connectivity index (χ4v) is 7.44. The number of cyclic esters (lactones) is 1. The third-order valence-electron chi connectivity index (χ3n) is 10.4. The Balaban J connectivity index is 0.990. The van der Waals surface area contributed by atoms with E-state index in [9.17, 15) is 33.9 Å². The van der Waals surface area contributed by atoms with Gasteiger partial charge >= 0.3 is 12.1 Å². The molecule has 1 atom stereocenters. The van der Waals surface area contributed by atoms with Crippen LogP contribution in [0.4, 0.5) is 4.79 Å². The van der Waals surface area contributed by atoms with Crippen LogP contribution in [0.3, 0.4) is 0 Å². The molecule has 4 aliphatic rings. The summed E-state index contributed by atoms with van der Waals surface area (Å²) in [6.45, 7) is 5.54. The van der Waals surface area contributed by atoms with Crippen molar-refractivity contribution in [2.45, 2.75) is 71.1 Å². The third kappa shape index (κ3) is 5.96. The molecule has 1 fully saturated rings. The Morgan fingerprint density at radius 2 is 1.67 bits per heavy atom. The number of imide groups is 1. The van der Waals surface area contributed by atoms with E-state index in [4.69, 9.17) is 14.5 Å². The number of carbonyl (C=O) groups excluding carboxylic acids is 5. The molecular weight excluding hydrogens is 658 g/mol. The smallest absolute Gasteiger partial charge is 0.415 e. The summed E-state index contributed by atoms with van der Waals surface area (Å²) in [5, 5.41) is 12.0. The average Bonchev–Trinajstić information content (AvgIpc) is 3.67. The molecule has 1 saturated heterocycles. The van der Waals surface area contributed by atoms with E-state index in [1.807, 2.05) is 6.92 Å². The van der Waals surface area contributed by atoms with Crippen LogP contribution >= 0.6 is 0 Å². The topological polar surface area (TPSA) is 169 Å². The standard InChI is InChI=1S/C37H39N5O9/c1-3-23-24-18-22(51-36(48)40-16-14-39(15-17-40)30(43)8-6-5-7-13-41-31(44)11-12-32(41)45)9-10-28(24)38-33-25(23)20-42-29(33)19-27-26(34(42)46)21-50-35(47)37(27,49)4-2/h9-12,18-19,49H,3-8,13-17,20-21H2,1-2H3. The summed E-state index contributed by atoms with van der Waals surface area (Å²) in [5.41, 5.74) is 1.89. The zero-order valence-corrected chi connectivity index (χ0v) is 28.6. The number of pyridine rings is 2. The van der Waals surface area contributed by atoms with Crippen LogP contribution in [-0.2, 0) is 49.1 Å². The van der Waals surface area contributed by atoms with Crippen molar-refractivity contribution in [3.8, 4) is 17.1 Å². The van der Waals surface area contributed by atoms with Gasteiger partial charge < -0.3 is 28.9 Å². The molecule has 7 rings (SSSR count). The van der Waals surface area contributed by atoms with Gasteiger partial charge in [0.2, 0.25) is 5.91 Å². The number of benzene rings is 1. The minimum Gasteiger partial charge on any atom is -0.458 e. The number of hydrogen-bond donors (Lipinski definition) is 1. The Morgan fingerprint density at radius 3 is 2.37 bits per heavy atom. The molecule has 1 unspecified atom stereocenters. The first-order valence-corrected chi connectivity index (χ1v) is 17.4. The quantitative estimate of drug-likeness (QED) is 0.156. The lowest BCUT2D eigenvalue weighted by atomic mass is 9.86. The van der Waals surface area contributed by atoms with E-state index in [0.717, 1.165) is 16.5 Å². The number of ether oxygens (including phenoxy) is 2. The predicted octanol–water partition coefficient (Wildman–Crippen LogP) is 2.77. The molecule has 2 aromatic heterocycles. The summed E-state index contributed by atoms with van der Waals surface area (Å²) in [7, 11) is 0. The van der Waals surface area contributed by atoms with Gasteiger partial charge in [-0.2, -0.15) is 0 Å². The van der Waals surface area contributed by atoms with Crippen molar-refractivity contribution < 1.29 is 38.6 Å². The number of nitrogens with zero attached hydrogens (tertiary/aromatic N) is 5. The van der Waals surface area contributed by atoms with Crippen molar-refractivity contribution in [3.63, 3.8) is 0 Å². The van der Waals surface area contributed by atoms with Gasteiger partial charge in [0.1, 0.15) is 12.4 Å². The lowest BCUT2D eigenvalue weighted by molar-refractivity contribution is -0.172. The number of unbranched alkanes of at least 4 members (excludes halogenated alkanes) is 2. The van der Waals surface area contributed by atoms with Gasteiger partial charge in [-0.05, 0) is 55.5 Å². The number of esters is 1. The largest absolute Gasteiger partial charge is 0.458 e. The maximum absolute atomic E-state index is 13.6. The lowest BCUT2D eigenvalue weighted by Crippen LogP contribution is -2.51. The van der Waals surface area contributed by atoms with Crippen LogP contribution < -0.4 is 10.3 Å². The molecule has 51 heavy (non-hydrogen) atoms. The molecule has 0 saturated carbocycles. The molecule has 0 bridgehead atoms. The van der Waals surface area contributed by atoms with Crippen LogP contribution in [-0.4, -0.2) is 91.9 Å². The highest BCUT2D eigenvalue weighted by atomic mass is 16.6. The highest BCUT2D eigenvalue weighted by Crippen LogP contribution is 2.40. The SMILES string of the molecule is CCc1c2c(nc3ccc(OC(=O)N4CCN(C(=O)CCCCCN5C(=O)C=CC5=O)CC4)cc13)-c1cc3c(c(=O)n1C2)COC(=O)C3(O)CC. The van der Waals surface area contributed by atoms with Crippen LogP contribution in [0.2, 0.25) is 0 Å². The summed E-state index contributed by atoms with van der Waals surface area (Å²) in [6.07, 6.45) is 5.05. The molecule has 14 nitrogen and oxygen atoms in total. The minimum atomic E-state index is -1.91. The number of aromatic nitrogens is 2. The Morgan fingerprint density at radius 1 is 0.941 bits per heavy atom. The monoisotopic (exact) mass is 697 g/mol. The summed E-state index contributed by atoms with van der Waals surface area (Å²) in [4.78, 5) is 84.8. The molecule has 14 heteroatoms. The zero-order valence-electron chi connectivity index (χ0n) is 28.6. The molecule has 0 aliphatic carbocycles. The van der Waals surface area contributed by atoms with Crippen LogP contribution in [0.15, 0.2) is 41.2 Å². The van der Waals surface area contributed by atoms with Gasteiger partial charge in [0.25, 0.3) is 17.4 Å². The Bertz CT molecular complexity index is 2060. The van der Waals surface area contributed by atoms with Crippen LogP contribution in [0.5, 0.6) is 5.75 Å². The van der Waals surface area contributed by atoms with Crippen LogP contribution in [0, 0.1) is 0 Å². The number of rotatable bonds is 9. The number of aryl methyl sites for hydroxylation is 1. The fraction of sp³-hybridized carbons (Fsp3) is 0.432. The lowest BCUT2D eigenvalue weighted by Gasteiger charge is -2.34. The number of aliphatic hydroxyl groups is 1. The summed E-state index contributed by atoms with van der Waals surface area (Å²) in [5.74, 6) is -1.01. The molecule has 4 aliphatic heterocycles. The molecule has 3 aromatic rings. The molecule has 4 amide bonds. The second-order valence-electron chi connectivity index (χ2n) is 13.3. The van der Waals surface area contributed by atoms with Crippen LogP contribution in [0.1, 0.15) is 68.2 Å². The highest BCUT2D eigenvalue weighted by molar-refractivity contribution is 6.12. The van der Waals surface area contributed by atoms with Gasteiger partial charge in [-0.1, -0.05) is 20.3 Å². The molecule has 0 spiro atoms. The first-order valence-electron chi connectivity index (χ1n) is 17.4. The average molecular weight is 698 g/mol. The number of hydrogen-bond acceptors (Lipinski definition) is 10. The molecule has 266 valence electrons. The third-order valence-corrected chi connectivity index (χ3v) is 10.4. The van der Waals surface area contributed by atoms with Gasteiger partial charge in [-0.15, -0.1) is 0 Å². The molecule has 6 heterocycles. The molecule has 1 N–H and O–H groups in total. The summed E-state index contributed by atoms with van der Waals surface area (Å²) < 4.78 is 12.6. The summed E-state index contributed by atoms with van der Waals surface area (Å²) in [6, 6.07) is 6.91. The highest BCUT2D eigenvalue weighted by Gasteiger charge is 2.45. The van der Waals surface area contributed by atoms with Gasteiger partial charge in [-0.25, -0.2) is 14.6 Å². The van der Waals surface area contributed by atoms with Crippen LogP contribution in [0.25, 0.3) is 22.3 Å². The Kier molecular flexibility index (Phi) is 8.96. The van der Waals surface area contributed by atoms with E-state index in [0.29, 0.717) is 87.5 Å². The maximum atomic E-state index is 13.6. The summed E-state index contributed by atoms with van der Waals surface area (Å²) >= 11 is 0. The van der Waals surface area contributed by atoms with E-state index < -0.39 is 17.7 Å². The zero-order chi connectivity index (χ0) is 36.0. The first-order chi connectivity index (χ1) is 24.5. The van der Waals surface area contributed by atoms with Gasteiger partial charge in [0, 0.05) is 67.8 Å². The Hall–Kier alpha value is -5.37. The van der Waals surface area contributed by atoms with Crippen molar-refractivity contribution in [1.29, 1.82) is 0 Å². The number of piperazine rings is 1. The van der Waals surface area contributed by atoms with Crippen molar-refractivity contribution in [1.82, 2.24) is 24.3 Å². The first kappa shape index (κ1) is 34.1. The fourth-order valence-electron chi connectivity index (χ4n) is 7.44. The second-order valence-corrected chi connectivity index (χ2v) is 13.3. The minimum absolute atomic E-state index is 0.00659. The van der Waals surface area contributed by atoms with Crippen molar-refractivity contribution in [2.24, 2.45) is 0 Å². The predicted molar refractivity (Wildman–Crippen MR) is 182 cm³/mol. The van der Waals surface area contributed by atoms with Crippen molar-refractivity contribution >= 4 is 40.7 Å².